The Kier molecular flexibility index (Phi) is 6.34. The van der Waals surface area contributed by atoms with E-state index in [1.54, 1.807) is 0 Å². The second-order valence-electron chi connectivity index (χ2n) is 5.39. The Morgan fingerprint density at radius 1 is 0.519 bits per heavy atom. The van der Waals surface area contributed by atoms with Crippen LogP contribution in [0, 0.1) is 0 Å². The van der Waals surface area contributed by atoms with Gasteiger partial charge in [-0.1, -0.05) is 118 Å². The van der Waals surface area contributed by atoms with E-state index in [1.807, 2.05) is 48.5 Å². The lowest BCUT2D eigenvalue weighted by Gasteiger charge is -2.15. The second-order valence-corrected chi connectivity index (χ2v) is 10.4. The minimum Gasteiger partial charge on any atom is -0.209 e. The molecule has 0 spiro atoms. The summed E-state index contributed by atoms with van der Waals surface area (Å²) in [5.41, 5.74) is 2.62. The van der Waals surface area contributed by atoms with Crippen molar-refractivity contribution in [1.82, 2.24) is 15.0 Å². The largest absolute Gasteiger partial charge is 0.250 e. The summed E-state index contributed by atoms with van der Waals surface area (Å²) in [5.74, 6) is -0.0588. The third-order valence-electron chi connectivity index (χ3n) is 3.46. The fraction of sp³-hybridized carbons (Fsp3) is 0.118. The summed E-state index contributed by atoms with van der Waals surface area (Å²) in [6, 6.07) is 14.9. The first-order valence-corrected chi connectivity index (χ1v) is 9.95. The van der Waals surface area contributed by atoms with Gasteiger partial charge in [0, 0.05) is 10.6 Å². The fourth-order valence-corrected chi connectivity index (χ4v) is 2.85. The monoisotopic (exact) mass is 499 g/mol. The average molecular weight is 502 g/mol. The molecule has 0 radical (unpaired) electrons. The van der Waals surface area contributed by atoms with Gasteiger partial charge in [0.25, 0.3) is 0 Å². The van der Waals surface area contributed by atoms with Gasteiger partial charge in [0.15, 0.2) is 17.5 Å². The molecule has 0 aliphatic rings. The van der Waals surface area contributed by atoms with E-state index in [0.29, 0.717) is 10.6 Å². The molecule has 3 rings (SSSR count). The molecule has 0 aliphatic heterocycles. The normalized spacial score (nSPS) is 12.3. The van der Waals surface area contributed by atoms with E-state index in [0.717, 1.165) is 11.1 Å². The first-order valence-electron chi connectivity index (χ1n) is 7.31. The number of alkyl halides is 6. The van der Waals surface area contributed by atoms with Crippen LogP contribution in [0.3, 0.4) is 0 Å². The molecule has 2 aromatic carbocycles. The molecule has 3 aromatic rings. The van der Waals surface area contributed by atoms with Crippen molar-refractivity contribution in [1.29, 1.82) is 0 Å². The van der Waals surface area contributed by atoms with E-state index >= 15 is 0 Å². The molecule has 0 bridgehead atoms. The molecule has 3 nitrogen and oxygen atoms in total. The highest BCUT2D eigenvalue weighted by Crippen LogP contribution is 2.40. The fourth-order valence-electron chi connectivity index (χ4n) is 2.21. The van der Waals surface area contributed by atoms with Gasteiger partial charge < -0.3 is 0 Å². The lowest BCUT2D eigenvalue weighted by molar-refractivity contribution is 0.851. The van der Waals surface area contributed by atoms with E-state index in [1.165, 1.54) is 0 Å². The molecule has 1 aromatic heterocycles. The van der Waals surface area contributed by atoms with Crippen molar-refractivity contribution in [2.24, 2.45) is 0 Å². The van der Waals surface area contributed by atoms with Crippen molar-refractivity contribution in [3.05, 3.63) is 65.2 Å². The standard InChI is InChI=1S/C17H8Cl7N3/c18-12-7-5-10(6-8-12)9-1-3-11(4-2-9)13-25-14(16(19,20)21)27-15(26-13)17(22,23)24/h1-8H. The molecular weight excluding hydrogens is 494 g/mol. The minimum atomic E-state index is -1.90. The van der Waals surface area contributed by atoms with Crippen LogP contribution in [-0.2, 0) is 7.59 Å². The van der Waals surface area contributed by atoms with Crippen LogP contribution in [0.4, 0.5) is 0 Å². The molecule has 1 heterocycles. The van der Waals surface area contributed by atoms with Gasteiger partial charge >= 0.3 is 0 Å². The number of benzene rings is 2. The van der Waals surface area contributed by atoms with Gasteiger partial charge in [0.05, 0.1) is 0 Å². The van der Waals surface area contributed by atoms with Crippen LogP contribution in [-0.4, -0.2) is 15.0 Å². The number of hydrogen-bond donors (Lipinski definition) is 0. The van der Waals surface area contributed by atoms with E-state index in [-0.39, 0.29) is 17.5 Å². The Hall–Kier alpha value is -0.520. The topological polar surface area (TPSA) is 38.7 Å². The minimum absolute atomic E-state index is 0.138. The van der Waals surface area contributed by atoms with Crippen LogP contribution < -0.4 is 0 Å². The molecule has 0 N–H and O–H groups in total. The van der Waals surface area contributed by atoms with E-state index in [2.05, 4.69) is 15.0 Å². The highest BCUT2D eigenvalue weighted by molar-refractivity contribution is 6.67. The van der Waals surface area contributed by atoms with E-state index in [9.17, 15) is 0 Å². The second kappa shape index (κ2) is 8.08. The summed E-state index contributed by atoms with van der Waals surface area (Å²) in [6.07, 6.45) is 0. The van der Waals surface area contributed by atoms with Crippen molar-refractivity contribution in [2.75, 3.05) is 0 Å². The first-order chi connectivity index (χ1) is 12.5. The Morgan fingerprint density at radius 2 is 0.889 bits per heavy atom. The Balaban J connectivity index is 2.04. The van der Waals surface area contributed by atoms with Gasteiger partial charge in [-0.3, -0.25) is 0 Å². The summed E-state index contributed by atoms with van der Waals surface area (Å²) < 4.78 is -3.79. The molecule has 27 heavy (non-hydrogen) atoms. The number of aromatic nitrogens is 3. The highest BCUT2D eigenvalue weighted by Gasteiger charge is 2.34. The number of hydrogen-bond acceptors (Lipinski definition) is 3. The lowest BCUT2D eigenvalue weighted by atomic mass is 10.0. The molecular formula is C17H8Cl7N3. The quantitative estimate of drug-likeness (QED) is 0.341. The average Bonchev–Trinajstić information content (AvgIpc) is 2.61. The van der Waals surface area contributed by atoms with Crippen LogP contribution >= 0.6 is 81.2 Å². The summed E-state index contributed by atoms with van der Waals surface area (Å²) in [5, 5.41) is 0.666. The summed E-state index contributed by atoms with van der Waals surface area (Å²) in [6.45, 7) is 0. The molecule has 0 fully saturated rings. The Labute approximate surface area is 190 Å². The van der Waals surface area contributed by atoms with Gasteiger partial charge in [-0.25, -0.2) is 15.0 Å². The van der Waals surface area contributed by atoms with Crippen LogP contribution in [0.5, 0.6) is 0 Å². The predicted octanol–water partition coefficient (Wildman–Crippen LogP) is 7.51. The number of nitrogens with zero attached hydrogens (tertiary/aromatic N) is 3. The van der Waals surface area contributed by atoms with Crippen LogP contribution in [0.1, 0.15) is 11.6 Å². The van der Waals surface area contributed by atoms with Gasteiger partial charge in [0.2, 0.25) is 7.59 Å². The predicted molar refractivity (Wildman–Crippen MR) is 114 cm³/mol. The SMILES string of the molecule is Clc1ccc(-c2ccc(-c3nc(C(Cl)(Cl)Cl)nc(C(Cl)(Cl)Cl)n3)cc2)cc1. The zero-order valence-electron chi connectivity index (χ0n) is 13.1. The maximum atomic E-state index is 5.92. The molecule has 0 saturated heterocycles. The zero-order chi connectivity index (χ0) is 19.8. The Morgan fingerprint density at radius 3 is 1.30 bits per heavy atom. The molecule has 0 atom stereocenters. The van der Waals surface area contributed by atoms with Crippen LogP contribution in [0.2, 0.25) is 5.02 Å². The Bertz CT molecular complexity index is 914. The van der Waals surface area contributed by atoms with Crippen molar-refractivity contribution >= 4 is 81.2 Å². The third-order valence-corrected chi connectivity index (χ3v) is 4.73. The van der Waals surface area contributed by atoms with Crippen molar-refractivity contribution in [2.45, 2.75) is 7.59 Å². The van der Waals surface area contributed by atoms with Crippen molar-refractivity contribution in [3.63, 3.8) is 0 Å². The van der Waals surface area contributed by atoms with Crippen LogP contribution in [0.15, 0.2) is 48.5 Å². The summed E-state index contributed by atoms with van der Waals surface area (Å²) in [7, 11) is 0. The third kappa shape index (κ3) is 5.30. The van der Waals surface area contributed by atoms with Gasteiger partial charge in [-0.2, -0.15) is 0 Å². The lowest BCUT2D eigenvalue weighted by Crippen LogP contribution is -2.16. The van der Waals surface area contributed by atoms with Crippen LogP contribution in [0.25, 0.3) is 22.5 Å². The van der Waals surface area contributed by atoms with Gasteiger partial charge in [-0.05, 0) is 23.3 Å². The maximum Gasteiger partial charge on any atom is 0.250 e. The van der Waals surface area contributed by atoms with Gasteiger partial charge in [0.1, 0.15) is 0 Å². The number of rotatable bonds is 2. The summed E-state index contributed by atoms with van der Waals surface area (Å²) >= 11 is 41.3. The zero-order valence-corrected chi connectivity index (χ0v) is 18.4. The number of halogens is 7. The molecule has 0 saturated carbocycles. The highest BCUT2D eigenvalue weighted by atomic mass is 35.6. The van der Waals surface area contributed by atoms with Crippen molar-refractivity contribution in [3.8, 4) is 22.5 Å². The molecule has 0 amide bonds. The molecule has 10 heteroatoms. The first kappa shape index (κ1) is 21.2. The molecule has 0 unspecified atom stereocenters. The molecule has 140 valence electrons. The van der Waals surface area contributed by atoms with Crippen molar-refractivity contribution < 1.29 is 0 Å². The van der Waals surface area contributed by atoms with Gasteiger partial charge in [-0.15, -0.1) is 0 Å². The smallest absolute Gasteiger partial charge is 0.209 e. The van der Waals surface area contributed by atoms with E-state index < -0.39 is 7.59 Å². The summed E-state index contributed by atoms with van der Waals surface area (Å²) in [4.78, 5) is 12.3. The molecule has 0 aliphatic carbocycles. The maximum absolute atomic E-state index is 5.92. The van der Waals surface area contributed by atoms with E-state index in [4.69, 9.17) is 81.2 Å².